The van der Waals surface area contributed by atoms with Gasteiger partial charge in [-0.25, -0.2) is 8.78 Å². The third-order valence-corrected chi connectivity index (χ3v) is 5.19. The number of carbonyl (C=O) groups is 1. The number of hydrogen-bond donors (Lipinski definition) is 1. The van der Waals surface area contributed by atoms with Crippen LogP contribution in [0.2, 0.25) is 0 Å². The molecule has 6 heteroatoms. The summed E-state index contributed by atoms with van der Waals surface area (Å²) in [7, 11) is 0. The van der Waals surface area contributed by atoms with Crippen molar-refractivity contribution in [2.24, 2.45) is 0 Å². The van der Waals surface area contributed by atoms with Crippen molar-refractivity contribution in [2.45, 2.75) is 44.2 Å². The van der Waals surface area contributed by atoms with Gasteiger partial charge in [0, 0.05) is 38.6 Å². The van der Waals surface area contributed by atoms with E-state index in [1.54, 1.807) is 0 Å². The highest BCUT2D eigenvalue weighted by atomic mass is 19.2. The molecule has 1 saturated carbocycles. The number of aliphatic hydroxyl groups is 1. The van der Waals surface area contributed by atoms with E-state index in [1.807, 2.05) is 4.90 Å². The fourth-order valence-electron chi connectivity index (χ4n) is 3.75. The average molecular weight is 338 g/mol. The summed E-state index contributed by atoms with van der Waals surface area (Å²) in [6.07, 6.45) is 3.46. The molecule has 4 nitrogen and oxygen atoms in total. The van der Waals surface area contributed by atoms with E-state index in [9.17, 15) is 18.7 Å². The summed E-state index contributed by atoms with van der Waals surface area (Å²) in [4.78, 5) is 16.4. The molecule has 132 valence electrons. The van der Waals surface area contributed by atoms with E-state index < -0.39 is 11.6 Å². The zero-order chi connectivity index (χ0) is 17.1. The van der Waals surface area contributed by atoms with Crippen LogP contribution >= 0.6 is 0 Å². The Morgan fingerprint density at radius 1 is 1.12 bits per heavy atom. The van der Waals surface area contributed by atoms with Gasteiger partial charge in [0.25, 0.3) is 0 Å². The molecule has 1 aromatic carbocycles. The summed E-state index contributed by atoms with van der Waals surface area (Å²) in [6.45, 7) is 2.91. The van der Waals surface area contributed by atoms with Crippen LogP contribution in [0.25, 0.3) is 0 Å². The predicted octanol–water partition coefficient (Wildman–Crippen LogP) is 1.95. The van der Waals surface area contributed by atoms with Crippen LogP contribution in [0.4, 0.5) is 8.78 Å². The van der Waals surface area contributed by atoms with E-state index in [0.29, 0.717) is 31.5 Å². The summed E-state index contributed by atoms with van der Waals surface area (Å²) in [5.74, 6) is -1.69. The van der Waals surface area contributed by atoms with Crippen molar-refractivity contribution in [3.8, 4) is 0 Å². The maximum Gasteiger partial charge on any atom is 0.222 e. The minimum absolute atomic E-state index is 0.0475. The van der Waals surface area contributed by atoms with Crippen LogP contribution in [0.1, 0.15) is 31.2 Å². The summed E-state index contributed by atoms with van der Waals surface area (Å²) >= 11 is 0. The number of hydrogen-bond acceptors (Lipinski definition) is 3. The third-order valence-electron chi connectivity index (χ3n) is 5.19. The molecule has 3 rings (SSSR count). The number of piperazine rings is 1. The van der Waals surface area contributed by atoms with Gasteiger partial charge in [0.1, 0.15) is 0 Å². The van der Waals surface area contributed by atoms with Crippen LogP contribution in [0.15, 0.2) is 18.2 Å². The lowest BCUT2D eigenvalue weighted by Gasteiger charge is -2.39. The van der Waals surface area contributed by atoms with Crippen molar-refractivity contribution >= 4 is 5.91 Å². The Balaban J connectivity index is 1.45. The van der Waals surface area contributed by atoms with Gasteiger partial charge in [-0.05, 0) is 43.4 Å². The van der Waals surface area contributed by atoms with Crippen molar-refractivity contribution in [1.82, 2.24) is 9.80 Å². The zero-order valence-corrected chi connectivity index (χ0v) is 13.8. The highest BCUT2D eigenvalue weighted by molar-refractivity contribution is 5.76. The normalized spacial score (nSPS) is 25.2. The predicted molar refractivity (Wildman–Crippen MR) is 86.5 cm³/mol. The molecule has 2 aliphatic rings. The van der Waals surface area contributed by atoms with Crippen LogP contribution in [0.5, 0.6) is 0 Å². The Morgan fingerprint density at radius 2 is 1.88 bits per heavy atom. The number of aryl methyl sites for hydroxylation is 1. The average Bonchev–Trinajstić information content (AvgIpc) is 3.02. The smallest absolute Gasteiger partial charge is 0.222 e. The van der Waals surface area contributed by atoms with Crippen molar-refractivity contribution in [3.05, 3.63) is 35.4 Å². The number of halogens is 2. The van der Waals surface area contributed by atoms with Gasteiger partial charge in [0.05, 0.1) is 6.10 Å². The Bertz CT molecular complexity index is 588. The number of benzene rings is 1. The lowest BCUT2D eigenvalue weighted by atomic mass is 10.1. The van der Waals surface area contributed by atoms with E-state index in [1.165, 1.54) is 6.07 Å². The second kappa shape index (κ2) is 7.57. The van der Waals surface area contributed by atoms with Crippen molar-refractivity contribution < 1.29 is 18.7 Å². The lowest BCUT2D eigenvalue weighted by Crippen LogP contribution is -2.53. The van der Waals surface area contributed by atoms with Gasteiger partial charge >= 0.3 is 0 Å². The van der Waals surface area contributed by atoms with Crippen LogP contribution in [0, 0.1) is 11.6 Å². The quantitative estimate of drug-likeness (QED) is 0.913. The van der Waals surface area contributed by atoms with E-state index in [-0.39, 0.29) is 18.1 Å². The van der Waals surface area contributed by atoms with E-state index in [4.69, 9.17) is 0 Å². The molecule has 1 amide bonds. The molecule has 0 bridgehead atoms. The summed E-state index contributed by atoms with van der Waals surface area (Å²) < 4.78 is 26.1. The van der Waals surface area contributed by atoms with Crippen molar-refractivity contribution in [1.29, 1.82) is 0 Å². The minimum Gasteiger partial charge on any atom is -0.391 e. The molecule has 0 radical (unpaired) electrons. The van der Waals surface area contributed by atoms with E-state index in [0.717, 1.165) is 44.5 Å². The molecule has 1 aliphatic carbocycles. The van der Waals surface area contributed by atoms with Crippen molar-refractivity contribution in [2.75, 3.05) is 26.2 Å². The summed E-state index contributed by atoms with van der Waals surface area (Å²) in [5, 5.41) is 9.99. The zero-order valence-electron chi connectivity index (χ0n) is 13.8. The Hall–Kier alpha value is -1.53. The second-order valence-corrected chi connectivity index (χ2v) is 6.73. The molecule has 0 unspecified atom stereocenters. The highest BCUT2D eigenvalue weighted by Gasteiger charge is 2.33. The van der Waals surface area contributed by atoms with Crippen LogP contribution in [-0.2, 0) is 11.2 Å². The lowest BCUT2D eigenvalue weighted by molar-refractivity contribution is -0.133. The molecule has 1 N–H and O–H groups in total. The van der Waals surface area contributed by atoms with Gasteiger partial charge in [-0.1, -0.05) is 6.07 Å². The molecule has 1 saturated heterocycles. The summed E-state index contributed by atoms with van der Waals surface area (Å²) in [6, 6.07) is 4.01. The molecule has 0 aromatic heterocycles. The first-order chi connectivity index (χ1) is 11.5. The fraction of sp³-hybridized carbons (Fsp3) is 0.611. The van der Waals surface area contributed by atoms with E-state index in [2.05, 4.69) is 4.90 Å². The molecule has 1 heterocycles. The van der Waals surface area contributed by atoms with Gasteiger partial charge < -0.3 is 10.0 Å². The fourth-order valence-corrected chi connectivity index (χ4v) is 3.75. The Labute approximate surface area is 141 Å². The molecule has 2 atom stereocenters. The van der Waals surface area contributed by atoms with Gasteiger partial charge in [-0.2, -0.15) is 0 Å². The number of carbonyl (C=O) groups excluding carboxylic acids is 1. The molecule has 1 aliphatic heterocycles. The van der Waals surface area contributed by atoms with Crippen molar-refractivity contribution in [3.63, 3.8) is 0 Å². The van der Waals surface area contributed by atoms with Gasteiger partial charge in [0.15, 0.2) is 11.6 Å². The number of amides is 1. The van der Waals surface area contributed by atoms with E-state index >= 15 is 0 Å². The van der Waals surface area contributed by atoms with Gasteiger partial charge in [-0.3, -0.25) is 9.69 Å². The maximum absolute atomic E-state index is 13.2. The van der Waals surface area contributed by atoms with Crippen LogP contribution in [-0.4, -0.2) is 59.1 Å². The molecular formula is C18H24F2N2O2. The number of aliphatic hydroxyl groups excluding tert-OH is 1. The Morgan fingerprint density at radius 3 is 2.50 bits per heavy atom. The standard InChI is InChI=1S/C18H24F2N2O2/c19-14-6-4-13(12-15(14)20)5-7-18(24)22-10-8-21(9-11-22)16-2-1-3-17(16)23/h4,6,12,16-17,23H,1-3,5,7-11H2/t16-,17+/m1/s1. The third kappa shape index (κ3) is 3.92. The topological polar surface area (TPSA) is 43.8 Å². The molecule has 2 fully saturated rings. The Kier molecular flexibility index (Phi) is 5.46. The van der Waals surface area contributed by atoms with Crippen LogP contribution in [0.3, 0.4) is 0 Å². The minimum atomic E-state index is -0.872. The summed E-state index contributed by atoms with van der Waals surface area (Å²) in [5.41, 5.74) is 0.634. The van der Waals surface area contributed by atoms with Crippen LogP contribution < -0.4 is 0 Å². The number of rotatable bonds is 4. The molecule has 0 spiro atoms. The first-order valence-electron chi connectivity index (χ1n) is 8.68. The highest BCUT2D eigenvalue weighted by Crippen LogP contribution is 2.25. The SMILES string of the molecule is O=C(CCc1ccc(F)c(F)c1)N1CCN([C@@H]2CCC[C@@H]2O)CC1. The molecule has 1 aromatic rings. The monoisotopic (exact) mass is 338 g/mol. The number of nitrogens with zero attached hydrogens (tertiary/aromatic N) is 2. The molecule has 24 heavy (non-hydrogen) atoms. The van der Waals surface area contributed by atoms with Gasteiger partial charge in [0.2, 0.25) is 5.91 Å². The first-order valence-corrected chi connectivity index (χ1v) is 8.68. The maximum atomic E-state index is 13.2. The molecular weight excluding hydrogens is 314 g/mol. The van der Waals surface area contributed by atoms with Gasteiger partial charge in [-0.15, -0.1) is 0 Å². The largest absolute Gasteiger partial charge is 0.391 e. The first kappa shape index (κ1) is 17.3. The second-order valence-electron chi connectivity index (χ2n) is 6.73.